The second-order valence-electron chi connectivity index (χ2n) is 4.80. The molecule has 2 rings (SSSR count). The van der Waals surface area contributed by atoms with Crippen LogP contribution in [-0.4, -0.2) is 23.8 Å². The first-order valence-electron chi connectivity index (χ1n) is 6.40. The first kappa shape index (κ1) is 13.1. The third-order valence-electron chi connectivity index (χ3n) is 3.48. The molecule has 0 amide bonds. The van der Waals surface area contributed by atoms with Gasteiger partial charge in [0.1, 0.15) is 0 Å². The maximum Gasteiger partial charge on any atom is 0.0541 e. The van der Waals surface area contributed by atoms with Crippen LogP contribution in [0.1, 0.15) is 31.2 Å². The molecule has 2 N–H and O–H groups in total. The van der Waals surface area contributed by atoms with Crippen LogP contribution in [0.25, 0.3) is 0 Å². The minimum absolute atomic E-state index is 0.0590. The van der Waals surface area contributed by atoms with Gasteiger partial charge in [0.05, 0.1) is 6.10 Å². The van der Waals surface area contributed by atoms with Crippen molar-refractivity contribution in [3.8, 4) is 0 Å². The highest BCUT2D eigenvalue weighted by molar-refractivity contribution is 9.10. The molecule has 0 spiro atoms. The van der Waals surface area contributed by atoms with Gasteiger partial charge in [0.25, 0.3) is 0 Å². The van der Waals surface area contributed by atoms with Crippen molar-refractivity contribution in [1.29, 1.82) is 0 Å². The third-order valence-corrected chi connectivity index (χ3v) is 4.26. The van der Waals surface area contributed by atoms with Gasteiger partial charge in [0, 0.05) is 10.5 Å². The third kappa shape index (κ3) is 4.09. The van der Waals surface area contributed by atoms with Crippen LogP contribution in [0, 0.1) is 0 Å². The predicted molar refractivity (Wildman–Crippen MR) is 74.1 cm³/mol. The fourth-order valence-electron chi connectivity index (χ4n) is 2.39. The zero-order valence-electron chi connectivity index (χ0n) is 10.0. The molecule has 1 saturated carbocycles. The lowest BCUT2D eigenvalue weighted by Gasteiger charge is -2.26. The Bertz CT molecular complexity index is 348. The van der Waals surface area contributed by atoms with Crippen LogP contribution in [0.2, 0.25) is 0 Å². The summed E-state index contributed by atoms with van der Waals surface area (Å²) >= 11 is 3.57. The first-order chi connectivity index (χ1) is 8.25. The van der Waals surface area contributed by atoms with E-state index in [1.165, 1.54) is 10.0 Å². The molecule has 0 unspecified atom stereocenters. The Morgan fingerprint density at radius 1 is 1.18 bits per heavy atom. The average molecular weight is 298 g/mol. The van der Waals surface area contributed by atoms with E-state index in [2.05, 4.69) is 39.4 Å². The summed E-state index contributed by atoms with van der Waals surface area (Å²) in [7, 11) is 0. The van der Waals surface area contributed by atoms with Crippen molar-refractivity contribution in [3.63, 3.8) is 0 Å². The number of benzene rings is 1. The van der Waals surface area contributed by atoms with Crippen molar-refractivity contribution in [2.24, 2.45) is 0 Å². The monoisotopic (exact) mass is 297 g/mol. The summed E-state index contributed by atoms with van der Waals surface area (Å²) in [5.41, 5.74) is 1.36. The van der Waals surface area contributed by atoms with Crippen molar-refractivity contribution in [3.05, 3.63) is 34.3 Å². The van der Waals surface area contributed by atoms with Gasteiger partial charge in [-0.25, -0.2) is 0 Å². The molecule has 0 heterocycles. The first-order valence-corrected chi connectivity index (χ1v) is 7.20. The lowest BCUT2D eigenvalue weighted by atomic mass is 9.93. The molecular formula is C14H20BrNO. The molecule has 0 aromatic heterocycles. The van der Waals surface area contributed by atoms with E-state index >= 15 is 0 Å². The van der Waals surface area contributed by atoms with Crippen LogP contribution in [-0.2, 0) is 6.42 Å². The van der Waals surface area contributed by atoms with Gasteiger partial charge >= 0.3 is 0 Å². The minimum Gasteiger partial charge on any atom is -0.393 e. The number of aliphatic hydroxyl groups excluding tert-OH is 1. The average Bonchev–Trinajstić information content (AvgIpc) is 2.34. The van der Waals surface area contributed by atoms with E-state index in [9.17, 15) is 5.11 Å². The van der Waals surface area contributed by atoms with Crippen LogP contribution in [0.5, 0.6) is 0 Å². The molecule has 0 saturated heterocycles. The lowest BCUT2D eigenvalue weighted by Crippen LogP contribution is -2.35. The molecule has 0 radical (unpaired) electrons. The molecule has 17 heavy (non-hydrogen) atoms. The molecule has 0 aliphatic heterocycles. The fourth-order valence-corrected chi connectivity index (χ4v) is 2.88. The summed E-state index contributed by atoms with van der Waals surface area (Å²) in [6.45, 7) is 1.02. The number of hydrogen-bond donors (Lipinski definition) is 2. The van der Waals surface area contributed by atoms with Gasteiger partial charge in [0.15, 0.2) is 0 Å². The molecule has 1 fully saturated rings. The van der Waals surface area contributed by atoms with E-state index in [4.69, 9.17) is 0 Å². The van der Waals surface area contributed by atoms with Gasteiger partial charge in [-0.3, -0.25) is 0 Å². The topological polar surface area (TPSA) is 32.3 Å². The highest BCUT2D eigenvalue weighted by Gasteiger charge is 2.18. The molecule has 94 valence electrons. The quantitative estimate of drug-likeness (QED) is 0.896. The highest BCUT2D eigenvalue weighted by atomic mass is 79.9. The van der Waals surface area contributed by atoms with E-state index in [-0.39, 0.29) is 6.10 Å². The normalized spacial score (nSPS) is 24.8. The number of aliphatic hydroxyl groups is 1. The number of nitrogens with one attached hydrogen (secondary N) is 1. The summed E-state index contributed by atoms with van der Waals surface area (Å²) in [6.07, 6.45) is 5.12. The van der Waals surface area contributed by atoms with Gasteiger partial charge in [-0.05, 0) is 50.3 Å². The molecule has 0 atom stereocenters. The second-order valence-corrected chi connectivity index (χ2v) is 5.66. The van der Waals surface area contributed by atoms with Gasteiger partial charge < -0.3 is 10.4 Å². The van der Waals surface area contributed by atoms with E-state index in [0.29, 0.717) is 6.04 Å². The summed E-state index contributed by atoms with van der Waals surface area (Å²) in [5.74, 6) is 0. The fraction of sp³-hybridized carbons (Fsp3) is 0.571. The van der Waals surface area contributed by atoms with E-state index in [1.807, 2.05) is 6.07 Å². The SMILES string of the molecule is OC1CCC(NCCc2ccccc2Br)CC1. The minimum atomic E-state index is -0.0590. The van der Waals surface area contributed by atoms with Crippen LogP contribution in [0.15, 0.2) is 28.7 Å². The van der Waals surface area contributed by atoms with Crippen LogP contribution >= 0.6 is 15.9 Å². The van der Waals surface area contributed by atoms with Gasteiger partial charge in [0.2, 0.25) is 0 Å². The van der Waals surface area contributed by atoms with Crippen LogP contribution in [0.3, 0.4) is 0 Å². The number of halogens is 1. The smallest absolute Gasteiger partial charge is 0.0541 e. The molecule has 1 aromatic carbocycles. The van der Waals surface area contributed by atoms with Gasteiger partial charge in [-0.15, -0.1) is 0 Å². The molecule has 1 aromatic rings. The zero-order chi connectivity index (χ0) is 12.1. The summed E-state index contributed by atoms with van der Waals surface area (Å²) < 4.78 is 1.20. The van der Waals surface area contributed by atoms with E-state index in [0.717, 1.165) is 38.6 Å². The van der Waals surface area contributed by atoms with E-state index < -0.39 is 0 Å². The van der Waals surface area contributed by atoms with Crippen molar-refractivity contribution in [2.45, 2.75) is 44.2 Å². The maximum absolute atomic E-state index is 9.43. The van der Waals surface area contributed by atoms with Crippen molar-refractivity contribution in [2.75, 3.05) is 6.54 Å². The lowest BCUT2D eigenvalue weighted by molar-refractivity contribution is 0.117. The highest BCUT2D eigenvalue weighted by Crippen LogP contribution is 2.19. The predicted octanol–water partition coefficient (Wildman–Crippen LogP) is 2.88. The summed E-state index contributed by atoms with van der Waals surface area (Å²) in [5, 5.41) is 13.0. The Balaban J connectivity index is 1.71. The molecule has 2 nitrogen and oxygen atoms in total. The van der Waals surface area contributed by atoms with Crippen LogP contribution < -0.4 is 5.32 Å². The molecule has 1 aliphatic rings. The Hall–Kier alpha value is -0.380. The summed E-state index contributed by atoms with van der Waals surface area (Å²) in [4.78, 5) is 0. The largest absolute Gasteiger partial charge is 0.393 e. The number of rotatable bonds is 4. The van der Waals surface area contributed by atoms with Crippen LogP contribution in [0.4, 0.5) is 0 Å². The maximum atomic E-state index is 9.43. The standard InChI is InChI=1S/C14H20BrNO/c15-14-4-2-1-3-11(14)9-10-16-12-5-7-13(17)8-6-12/h1-4,12-13,16-17H,5-10H2. The molecular weight excluding hydrogens is 278 g/mol. The van der Waals surface area contributed by atoms with E-state index in [1.54, 1.807) is 0 Å². The Kier molecular flexibility index (Phi) is 5.01. The molecule has 3 heteroatoms. The van der Waals surface area contributed by atoms with Crippen molar-refractivity contribution in [1.82, 2.24) is 5.32 Å². The zero-order valence-corrected chi connectivity index (χ0v) is 11.6. The Morgan fingerprint density at radius 2 is 1.88 bits per heavy atom. The molecule has 1 aliphatic carbocycles. The Morgan fingerprint density at radius 3 is 2.59 bits per heavy atom. The number of hydrogen-bond acceptors (Lipinski definition) is 2. The van der Waals surface area contributed by atoms with Gasteiger partial charge in [-0.2, -0.15) is 0 Å². The Labute approximate surface area is 112 Å². The second kappa shape index (κ2) is 6.53. The van der Waals surface area contributed by atoms with Crippen molar-refractivity contribution < 1.29 is 5.11 Å². The van der Waals surface area contributed by atoms with Crippen molar-refractivity contribution >= 4 is 15.9 Å². The summed E-state index contributed by atoms with van der Waals surface area (Å²) in [6, 6.07) is 8.98. The molecule has 0 bridgehead atoms. The van der Waals surface area contributed by atoms with Gasteiger partial charge in [-0.1, -0.05) is 34.1 Å².